The fourth-order valence-electron chi connectivity index (χ4n) is 0.993. The second-order valence-corrected chi connectivity index (χ2v) is 9.38. The molecule has 1 heterocycles. The molecule has 0 aliphatic carbocycles. The fourth-order valence-corrected chi connectivity index (χ4v) is 2.07. The van der Waals surface area contributed by atoms with E-state index in [2.05, 4.69) is 29.9 Å². The maximum Gasteiger partial charge on any atom is 0.356 e. The standard InChI is InChI=1S/C8H15NO3Si/c1-11-8(10)6-5-7(12-9-6)13(2,3)4/h5,7,9H,1-4H3. The summed E-state index contributed by atoms with van der Waals surface area (Å²) in [6.45, 7) is 6.53. The second-order valence-electron chi connectivity index (χ2n) is 4.08. The summed E-state index contributed by atoms with van der Waals surface area (Å²) < 4.78 is 4.56. The summed E-state index contributed by atoms with van der Waals surface area (Å²) in [5, 5.41) is 0. The van der Waals surface area contributed by atoms with Gasteiger partial charge in [-0.05, 0) is 6.08 Å². The first-order valence-corrected chi connectivity index (χ1v) is 7.74. The lowest BCUT2D eigenvalue weighted by molar-refractivity contribution is -0.137. The Hall–Kier alpha value is -0.813. The van der Waals surface area contributed by atoms with E-state index in [9.17, 15) is 4.79 Å². The molecule has 1 unspecified atom stereocenters. The number of esters is 1. The highest BCUT2D eigenvalue weighted by molar-refractivity contribution is 6.77. The Morgan fingerprint density at radius 3 is 2.62 bits per heavy atom. The number of nitrogens with one attached hydrogen (secondary N) is 1. The van der Waals surface area contributed by atoms with Gasteiger partial charge in [-0.15, -0.1) is 0 Å². The molecule has 1 atom stereocenters. The molecule has 0 aromatic rings. The summed E-state index contributed by atoms with van der Waals surface area (Å²) in [5.74, 6) is -0.374. The molecular weight excluding hydrogens is 186 g/mol. The molecular formula is C8H15NO3Si. The van der Waals surface area contributed by atoms with Gasteiger partial charge in [0.1, 0.15) is 5.70 Å². The summed E-state index contributed by atoms with van der Waals surface area (Å²) in [6, 6.07) is 0. The molecule has 1 N–H and O–H groups in total. The maximum atomic E-state index is 11.1. The SMILES string of the molecule is COC(=O)C1=CC([Si](C)(C)C)ON1. The van der Waals surface area contributed by atoms with Gasteiger partial charge in [-0.1, -0.05) is 19.6 Å². The minimum absolute atomic E-state index is 0.0431. The van der Waals surface area contributed by atoms with Gasteiger partial charge in [0.2, 0.25) is 0 Å². The van der Waals surface area contributed by atoms with Crippen LogP contribution in [0.15, 0.2) is 11.8 Å². The highest BCUT2D eigenvalue weighted by Crippen LogP contribution is 2.18. The molecule has 0 saturated heterocycles. The number of carbonyl (C=O) groups is 1. The Morgan fingerprint density at radius 1 is 1.62 bits per heavy atom. The predicted octanol–water partition coefficient (Wildman–Crippen LogP) is 0.824. The molecule has 4 nitrogen and oxygen atoms in total. The molecule has 0 aromatic carbocycles. The van der Waals surface area contributed by atoms with Crippen molar-refractivity contribution in [1.29, 1.82) is 0 Å². The van der Waals surface area contributed by atoms with Gasteiger partial charge in [0.25, 0.3) is 0 Å². The van der Waals surface area contributed by atoms with Crippen LogP contribution in [0.25, 0.3) is 0 Å². The van der Waals surface area contributed by atoms with E-state index in [1.54, 1.807) is 6.08 Å². The Labute approximate surface area is 78.9 Å². The van der Waals surface area contributed by atoms with Gasteiger partial charge in [0, 0.05) is 0 Å². The molecule has 13 heavy (non-hydrogen) atoms. The van der Waals surface area contributed by atoms with E-state index in [4.69, 9.17) is 4.84 Å². The van der Waals surface area contributed by atoms with Crippen molar-refractivity contribution >= 4 is 14.0 Å². The molecule has 0 aromatic heterocycles. The van der Waals surface area contributed by atoms with Crippen LogP contribution in [0.4, 0.5) is 0 Å². The molecule has 0 saturated carbocycles. The molecule has 1 rings (SSSR count). The number of carbonyl (C=O) groups excluding carboxylic acids is 1. The number of hydroxylamine groups is 1. The van der Waals surface area contributed by atoms with Gasteiger partial charge in [0.05, 0.1) is 20.9 Å². The van der Waals surface area contributed by atoms with Crippen LogP contribution in [0.5, 0.6) is 0 Å². The molecule has 1 aliphatic heterocycles. The highest BCUT2D eigenvalue weighted by atomic mass is 28.3. The van der Waals surface area contributed by atoms with Crippen LogP contribution >= 0.6 is 0 Å². The number of methoxy groups -OCH3 is 1. The van der Waals surface area contributed by atoms with Crippen LogP contribution in [0.3, 0.4) is 0 Å². The Kier molecular flexibility index (Phi) is 2.77. The van der Waals surface area contributed by atoms with Crippen molar-refractivity contribution in [3.63, 3.8) is 0 Å². The summed E-state index contributed by atoms with van der Waals surface area (Å²) in [5.41, 5.74) is 3.04. The number of ether oxygens (including phenoxy) is 1. The summed E-state index contributed by atoms with van der Waals surface area (Å²) in [6.07, 6.45) is 1.80. The van der Waals surface area contributed by atoms with E-state index >= 15 is 0 Å². The van der Waals surface area contributed by atoms with Gasteiger partial charge < -0.3 is 4.74 Å². The van der Waals surface area contributed by atoms with Crippen LogP contribution in [0.2, 0.25) is 19.6 Å². The van der Waals surface area contributed by atoms with Gasteiger partial charge in [0.15, 0.2) is 0 Å². The minimum atomic E-state index is -1.39. The van der Waals surface area contributed by atoms with Crippen molar-refractivity contribution < 1.29 is 14.4 Å². The normalized spacial score (nSPS) is 22.2. The van der Waals surface area contributed by atoms with E-state index in [0.29, 0.717) is 5.70 Å². The third-order valence-corrected chi connectivity index (χ3v) is 3.86. The van der Waals surface area contributed by atoms with Crippen LogP contribution < -0.4 is 5.48 Å². The molecule has 1 aliphatic rings. The van der Waals surface area contributed by atoms with Crippen LogP contribution in [-0.2, 0) is 14.4 Å². The lowest BCUT2D eigenvalue weighted by Gasteiger charge is -2.20. The third-order valence-electron chi connectivity index (χ3n) is 1.87. The first kappa shape index (κ1) is 10.3. The second kappa shape index (κ2) is 3.51. The van der Waals surface area contributed by atoms with Crippen LogP contribution in [0, 0.1) is 0 Å². The van der Waals surface area contributed by atoms with Crippen LogP contribution in [0.1, 0.15) is 0 Å². The van der Waals surface area contributed by atoms with Gasteiger partial charge in [-0.2, -0.15) is 0 Å². The predicted molar refractivity (Wildman–Crippen MR) is 51.5 cm³/mol. The molecule has 74 valence electrons. The van der Waals surface area contributed by atoms with Crippen molar-refractivity contribution in [2.75, 3.05) is 7.11 Å². The summed E-state index contributed by atoms with van der Waals surface area (Å²) >= 11 is 0. The maximum absolute atomic E-state index is 11.1. The van der Waals surface area contributed by atoms with Crippen molar-refractivity contribution in [2.45, 2.75) is 25.4 Å². The van der Waals surface area contributed by atoms with Crippen molar-refractivity contribution in [1.82, 2.24) is 5.48 Å². The van der Waals surface area contributed by atoms with Crippen LogP contribution in [-0.4, -0.2) is 26.9 Å². The van der Waals surface area contributed by atoms with E-state index < -0.39 is 8.07 Å². The lowest BCUT2D eigenvalue weighted by Crippen LogP contribution is -2.38. The van der Waals surface area contributed by atoms with E-state index in [-0.39, 0.29) is 11.7 Å². The smallest absolute Gasteiger partial charge is 0.356 e. The van der Waals surface area contributed by atoms with Crippen molar-refractivity contribution in [3.8, 4) is 0 Å². The van der Waals surface area contributed by atoms with E-state index in [1.165, 1.54) is 7.11 Å². The van der Waals surface area contributed by atoms with Gasteiger partial charge in [-0.25, -0.2) is 4.79 Å². The van der Waals surface area contributed by atoms with Crippen molar-refractivity contribution in [2.24, 2.45) is 0 Å². The molecule has 0 amide bonds. The summed E-state index contributed by atoms with van der Waals surface area (Å²) in [7, 11) is -0.0396. The third kappa shape index (κ3) is 2.32. The van der Waals surface area contributed by atoms with Crippen molar-refractivity contribution in [3.05, 3.63) is 11.8 Å². The quantitative estimate of drug-likeness (QED) is 0.531. The monoisotopic (exact) mass is 201 g/mol. The lowest BCUT2D eigenvalue weighted by atomic mass is 10.4. The molecule has 0 radical (unpaired) electrons. The average Bonchev–Trinajstić information content (AvgIpc) is 2.50. The molecule has 0 fully saturated rings. The number of hydrogen-bond acceptors (Lipinski definition) is 4. The Balaban J connectivity index is 2.69. The van der Waals surface area contributed by atoms with Gasteiger partial charge in [-0.3, -0.25) is 10.3 Å². The molecule has 5 heteroatoms. The highest BCUT2D eigenvalue weighted by Gasteiger charge is 2.32. The zero-order valence-electron chi connectivity index (χ0n) is 8.38. The Morgan fingerprint density at radius 2 is 2.23 bits per heavy atom. The first-order valence-electron chi connectivity index (χ1n) is 4.17. The zero-order chi connectivity index (χ0) is 10.1. The van der Waals surface area contributed by atoms with Gasteiger partial charge >= 0.3 is 5.97 Å². The number of rotatable bonds is 2. The van der Waals surface area contributed by atoms with E-state index in [0.717, 1.165) is 0 Å². The fraction of sp³-hybridized carbons (Fsp3) is 0.625. The molecule has 0 bridgehead atoms. The molecule has 0 spiro atoms. The number of hydrogen-bond donors (Lipinski definition) is 1. The summed E-state index contributed by atoms with van der Waals surface area (Å²) in [4.78, 5) is 16.3. The average molecular weight is 201 g/mol. The minimum Gasteiger partial charge on any atom is -0.464 e. The first-order chi connectivity index (χ1) is 5.95. The zero-order valence-corrected chi connectivity index (χ0v) is 9.38. The topological polar surface area (TPSA) is 47.6 Å². The largest absolute Gasteiger partial charge is 0.464 e. The van der Waals surface area contributed by atoms with E-state index in [1.807, 2.05) is 0 Å². The Bertz CT molecular complexity index is 244.